The number of morpholine rings is 1. The number of allylic oxidation sites excluding steroid dienone is 1. The quantitative estimate of drug-likeness (QED) is 0.646. The minimum atomic E-state index is -0.103. The van der Waals surface area contributed by atoms with Crippen LogP contribution in [0.5, 0.6) is 0 Å². The predicted octanol–water partition coefficient (Wildman–Crippen LogP) is 3.28. The Morgan fingerprint density at radius 3 is 3.23 bits per heavy atom. The van der Waals surface area contributed by atoms with E-state index in [1.807, 2.05) is 30.2 Å². The Labute approximate surface area is 136 Å². The highest BCUT2D eigenvalue weighted by Gasteiger charge is 2.27. The van der Waals surface area contributed by atoms with Crippen molar-refractivity contribution >= 4 is 17.4 Å². The van der Waals surface area contributed by atoms with E-state index in [1.165, 1.54) is 0 Å². The zero-order valence-corrected chi connectivity index (χ0v) is 14.2. The number of amides is 2. The number of carbonyl (C=O) groups is 1. The minimum Gasteiger partial charge on any atom is -0.367 e. The normalized spacial score (nSPS) is 19.7. The number of rotatable bonds is 6. The van der Waals surface area contributed by atoms with Gasteiger partial charge in [-0.15, -0.1) is 17.9 Å². The van der Waals surface area contributed by atoms with Crippen LogP contribution in [0, 0.1) is 6.92 Å². The van der Waals surface area contributed by atoms with Crippen LogP contribution < -0.4 is 5.32 Å². The molecule has 0 aliphatic carbocycles. The number of aryl methyl sites for hydroxylation is 1. The maximum Gasteiger partial charge on any atom is 0.317 e. The largest absolute Gasteiger partial charge is 0.367 e. The van der Waals surface area contributed by atoms with E-state index < -0.39 is 0 Å². The van der Waals surface area contributed by atoms with E-state index in [0.29, 0.717) is 19.7 Å². The molecule has 0 spiro atoms. The van der Waals surface area contributed by atoms with Gasteiger partial charge in [-0.2, -0.15) is 0 Å². The molecule has 1 aliphatic rings. The summed E-state index contributed by atoms with van der Waals surface area (Å²) in [6.45, 7) is 9.49. The second-order valence-electron chi connectivity index (χ2n) is 5.70. The fourth-order valence-corrected chi connectivity index (χ4v) is 3.28. The summed E-state index contributed by atoms with van der Waals surface area (Å²) >= 11 is 1.59. The zero-order valence-electron chi connectivity index (χ0n) is 13.4. The molecule has 1 N–H and O–H groups in total. The Hall–Kier alpha value is -1.40. The first-order valence-electron chi connectivity index (χ1n) is 7.80. The van der Waals surface area contributed by atoms with Crippen molar-refractivity contribution in [3.8, 4) is 0 Å². The summed E-state index contributed by atoms with van der Waals surface area (Å²) < 4.78 is 5.76. The second-order valence-corrected chi connectivity index (χ2v) is 6.59. The molecule has 2 amide bonds. The van der Waals surface area contributed by atoms with Gasteiger partial charge >= 0.3 is 6.03 Å². The lowest BCUT2D eigenvalue weighted by molar-refractivity contribution is -0.0158. The Morgan fingerprint density at radius 1 is 1.73 bits per heavy atom. The molecule has 1 fully saturated rings. The average Bonchev–Trinajstić information content (AvgIpc) is 2.94. The summed E-state index contributed by atoms with van der Waals surface area (Å²) in [6, 6.07) is 0.170. The molecule has 0 radical (unpaired) electrons. The van der Waals surface area contributed by atoms with Crippen molar-refractivity contribution in [1.29, 1.82) is 0 Å². The van der Waals surface area contributed by atoms with Crippen LogP contribution in [0.15, 0.2) is 18.0 Å². The molecule has 1 aromatic heterocycles. The molecular formula is C16H25N3O2S. The van der Waals surface area contributed by atoms with Gasteiger partial charge < -0.3 is 15.0 Å². The van der Waals surface area contributed by atoms with Crippen molar-refractivity contribution < 1.29 is 9.53 Å². The van der Waals surface area contributed by atoms with Crippen LogP contribution in [0.4, 0.5) is 4.79 Å². The standard InChI is InChI=1S/C16H25N3O2S/c1-4-5-6-7-12(2)18-16(20)19-8-9-21-14(10-19)15-17-13(3)11-22-15/h4,11-12,14H,1,5-10H2,2-3H3,(H,18,20)/t12-,14+/m1/s1. The maximum absolute atomic E-state index is 12.3. The summed E-state index contributed by atoms with van der Waals surface area (Å²) in [6.07, 6.45) is 4.82. The van der Waals surface area contributed by atoms with Crippen molar-refractivity contribution in [3.05, 3.63) is 28.7 Å². The molecule has 2 heterocycles. The first-order chi connectivity index (χ1) is 10.6. The highest BCUT2D eigenvalue weighted by Crippen LogP contribution is 2.25. The van der Waals surface area contributed by atoms with E-state index in [2.05, 4.69) is 16.9 Å². The molecule has 1 saturated heterocycles. The van der Waals surface area contributed by atoms with Crippen LogP contribution in [-0.2, 0) is 4.74 Å². The third-order valence-electron chi connectivity index (χ3n) is 3.68. The monoisotopic (exact) mass is 323 g/mol. The fraction of sp³-hybridized carbons (Fsp3) is 0.625. The number of nitrogens with zero attached hydrogens (tertiary/aromatic N) is 2. The molecule has 0 saturated carbocycles. The van der Waals surface area contributed by atoms with E-state index in [0.717, 1.165) is 30.0 Å². The molecule has 0 unspecified atom stereocenters. The van der Waals surface area contributed by atoms with E-state index in [4.69, 9.17) is 4.74 Å². The molecule has 1 aliphatic heterocycles. The summed E-state index contributed by atoms with van der Waals surface area (Å²) in [5.74, 6) is 0. The zero-order chi connectivity index (χ0) is 15.9. The van der Waals surface area contributed by atoms with Crippen LogP contribution in [0.25, 0.3) is 0 Å². The van der Waals surface area contributed by atoms with Crippen molar-refractivity contribution in [3.63, 3.8) is 0 Å². The van der Waals surface area contributed by atoms with Crippen molar-refractivity contribution in [2.75, 3.05) is 19.7 Å². The van der Waals surface area contributed by atoms with E-state index in [1.54, 1.807) is 11.3 Å². The number of ether oxygens (including phenoxy) is 1. The lowest BCUT2D eigenvalue weighted by atomic mass is 10.1. The molecule has 122 valence electrons. The molecule has 0 bridgehead atoms. The Morgan fingerprint density at radius 2 is 2.55 bits per heavy atom. The molecule has 22 heavy (non-hydrogen) atoms. The van der Waals surface area contributed by atoms with Crippen LogP contribution in [-0.4, -0.2) is 41.7 Å². The highest BCUT2D eigenvalue weighted by atomic mass is 32.1. The third kappa shape index (κ3) is 4.81. The van der Waals surface area contributed by atoms with Gasteiger partial charge in [0.05, 0.1) is 13.2 Å². The highest BCUT2D eigenvalue weighted by molar-refractivity contribution is 7.09. The molecule has 2 rings (SSSR count). The third-order valence-corrected chi connectivity index (χ3v) is 4.74. The first-order valence-corrected chi connectivity index (χ1v) is 8.68. The van der Waals surface area contributed by atoms with Gasteiger partial charge in [0, 0.05) is 23.7 Å². The molecule has 2 atom stereocenters. The SMILES string of the molecule is C=CCCC[C@@H](C)NC(=O)N1CCO[C@H](c2nc(C)cs2)C1. The number of unbranched alkanes of at least 4 members (excludes halogenated alkanes) is 1. The topological polar surface area (TPSA) is 54.5 Å². The van der Waals surface area contributed by atoms with Crippen LogP contribution >= 0.6 is 11.3 Å². The Bertz CT molecular complexity index is 503. The Balaban J connectivity index is 1.83. The summed E-state index contributed by atoms with van der Waals surface area (Å²) in [5, 5.41) is 6.03. The van der Waals surface area contributed by atoms with Gasteiger partial charge in [-0.3, -0.25) is 0 Å². The lowest BCUT2D eigenvalue weighted by Crippen LogP contribution is -2.49. The van der Waals surface area contributed by atoms with Crippen molar-refractivity contribution in [1.82, 2.24) is 15.2 Å². The maximum atomic E-state index is 12.3. The van der Waals surface area contributed by atoms with Crippen molar-refractivity contribution in [2.45, 2.75) is 45.3 Å². The molecule has 6 heteroatoms. The fourth-order valence-electron chi connectivity index (χ4n) is 2.45. The molecular weight excluding hydrogens is 298 g/mol. The molecule has 5 nitrogen and oxygen atoms in total. The number of hydrogen-bond donors (Lipinski definition) is 1. The number of carbonyl (C=O) groups excluding carboxylic acids is 1. The number of hydrogen-bond acceptors (Lipinski definition) is 4. The van der Waals surface area contributed by atoms with Crippen LogP contribution in [0.2, 0.25) is 0 Å². The lowest BCUT2D eigenvalue weighted by Gasteiger charge is -2.32. The summed E-state index contributed by atoms with van der Waals surface area (Å²) in [5.41, 5.74) is 1.00. The first kappa shape index (κ1) is 17.0. The van der Waals surface area contributed by atoms with Gasteiger partial charge in [0.25, 0.3) is 0 Å². The van der Waals surface area contributed by atoms with E-state index in [-0.39, 0.29) is 18.2 Å². The summed E-state index contributed by atoms with van der Waals surface area (Å²) in [7, 11) is 0. The second kappa shape index (κ2) is 8.29. The number of urea groups is 1. The number of thiazole rings is 1. The number of aromatic nitrogens is 1. The number of nitrogens with one attached hydrogen (secondary N) is 1. The van der Waals surface area contributed by atoms with Crippen LogP contribution in [0.3, 0.4) is 0 Å². The van der Waals surface area contributed by atoms with Crippen LogP contribution in [0.1, 0.15) is 43.0 Å². The van der Waals surface area contributed by atoms with E-state index >= 15 is 0 Å². The van der Waals surface area contributed by atoms with Gasteiger partial charge in [0.15, 0.2) is 0 Å². The van der Waals surface area contributed by atoms with Gasteiger partial charge in [-0.05, 0) is 33.1 Å². The van der Waals surface area contributed by atoms with Gasteiger partial charge in [-0.1, -0.05) is 6.08 Å². The molecule has 0 aromatic carbocycles. The van der Waals surface area contributed by atoms with Gasteiger partial charge in [0.1, 0.15) is 11.1 Å². The van der Waals surface area contributed by atoms with Gasteiger partial charge in [0.2, 0.25) is 0 Å². The van der Waals surface area contributed by atoms with Gasteiger partial charge in [-0.25, -0.2) is 9.78 Å². The smallest absolute Gasteiger partial charge is 0.317 e. The minimum absolute atomic E-state index is 0.00678. The Kier molecular flexibility index (Phi) is 6.39. The predicted molar refractivity (Wildman–Crippen MR) is 89.2 cm³/mol. The average molecular weight is 323 g/mol. The molecule has 1 aromatic rings. The van der Waals surface area contributed by atoms with Crippen molar-refractivity contribution in [2.24, 2.45) is 0 Å². The van der Waals surface area contributed by atoms with E-state index in [9.17, 15) is 4.79 Å². The summed E-state index contributed by atoms with van der Waals surface area (Å²) in [4.78, 5) is 18.6.